The topological polar surface area (TPSA) is 0 Å². The first-order valence-electron chi connectivity index (χ1n) is 6.86. The molecule has 0 bridgehead atoms. The molecule has 0 spiro atoms. The molecule has 19 heavy (non-hydrogen) atoms. The van der Waals surface area contributed by atoms with Crippen molar-refractivity contribution in [1.82, 2.24) is 0 Å². The summed E-state index contributed by atoms with van der Waals surface area (Å²) < 4.78 is 27.3. The lowest BCUT2D eigenvalue weighted by molar-refractivity contribution is 0.492. The predicted molar refractivity (Wildman–Crippen MR) is 83.3 cm³/mol. The lowest BCUT2D eigenvalue weighted by Crippen LogP contribution is -2.41. The molecule has 0 atom stereocenters. The Hall–Kier alpha value is -0.353. The molecule has 0 aliphatic heterocycles. The summed E-state index contributed by atoms with van der Waals surface area (Å²) in [5.41, 5.74) is 1.54. The summed E-state index contributed by atoms with van der Waals surface area (Å²) in [5, 5.41) is 0. The van der Waals surface area contributed by atoms with Crippen LogP contribution in [0.25, 0.3) is 0 Å². The second-order valence-electron chi connectivity index (χ2n) is 5.97. The van der Waals surface area contributed by atoms with Gasteiger partial charge in [0.2, 0.25) is 0 Å². The van der Waals surface area contributed by atoms with Crippen molar-refractivity contribution in [2.45, 2.75) is 63.1 Å². The van der Waals surface area contributed by atoms with E-state index in [0.717, 1.165) is 0 Å². The zero-order chi connectivity index (χ0) is 14.8. The minimum atomic E-state index is -1.81. The van der Waals surface area contributed by atoms with E-state index in [4.69, 9.17) is 0 Å². The zero-order valence-electron chi connectivity index (χ0n) is 12.6. The average Bonchev–Trinajstić information content (AvgIpc) is 2.29. The van der Waals surface area contributed by atoms with E-state index in [1.165, 1.54) is 6.07 Å². The summed E-state index contributed by atoms with van der Waals surface area (Å²) in [5.74, 6) is -1.43. The minimum Gasteiger partial charge on any atom is -0.204 e. The normalized spacial score (nSPS) is 12.8. The van der Waals surface area contributed by atoms with E-state index in [1.807, 2.05) is 0 Å². The fourth-order valence-corrected chi connectivity index (χ4v) is 12.3. The molecular formula is C15H24F2SSi. The van der Waals surface area contributed by atoms with Crippen LogP contribution in [0.3, 0.4) is 0 Å². The van der Waals surface area contributed by atoms with Crippen molar-refractivity contribution < 1.29 is 8.78 Å². The van der Waals surface area contributed by atoms with Crippen molar-refractivity contribution in [3.05, 3.63) is 29.8 Å². The molecule has 0 unspecified atom stereocenters. The van der Waals surface area contributed by atoms with Gasteiger partial charge in [0.05, 0.1) is 0 Å². The van der Waals surface area contributed by atoms with Crippen LogP contribution in [-0.2, 0) is 0 Å². The lowest BCUT2D eigenvalue weighted by atomic mass is 10.3. The molecule has 0 aliphatic carbocycles. The highest BCUT2D eigenvalue weighted by atomic mass is 32.4. The Kier molecular flexibility index (Phi) is 5.62. The largest absolute Gasteiger partial charge is 0.204 e. The molecule has 0 saturated heterocycles. The summed E-state index contributed by atoms with van der Waals surface area (Å²) in [4.78, 5) is 0.475. The maximum atomic E-state index is 13.9. The third-order valence-corrected chi connectivity index (χ3v) is 16.2. The molecule has 0 aromatic heterocycles. The van der Waals surface area contributed by atoms with Crippen molar-refractivity contribution in [1.29, 1.82) is 0 Å². The van der Waals surface area contributed by atoms with Crippen molar-refractivity contribution in [2.75, 3.05) is 0 Å². The molecule has 4 heteroatoms. The van der Waals surface area contributed by atoms with Crippen LogP contribution in [0.5, 0.6) is 0 Å². The lowest BCUT2D eigenvalue weighted by Gasteiger charge is -2.42. The molecule has 0 radical (unpaired) electrons. The standard InChI is InChI=1S/C15H24F2SSi/c1-10(2)19(11(3)4,12(5)6)18-14-9-7-8-13(16)15(14)17/h7-12H,1-6H3. The van der Waals surface area contributed by atoms with E-state index >= 15 is 0 Å². The molecular weight excluding hydrogens is 278 g/mol. The highest BCUT2D eigenvalue weighted by molar-refractivity contribution is 8.29. The summed E-state index contributed by atoms with van der Waals surface area (Å²) in [6.07, 6.45) is 0. The van der Waals surface area contributed by atoms with E-state index < -0.39 is 18.9 Å². The van der Waals surface area contributed by atoms with Crippen LogP contribution in [0, 0.1) is 11.6 Å². The molecule has 108 valence electrons. The number of halogens is 2. The summed E-state index contributed by atoms with van der Waals surface area (Å²) in [6.45, 7) is 13.3. The molecule has 0 heterocycles. The van der Waals surface area contributed by atoms with E-state index in [-0.39, 0.29) is 0 Å². The fraction of sp³-hybridized carbons (Fsp3) is 0.600. The van der Waals surface area contributed by atoms with Crippen molar-refractivity contribution >= 4 is 18.4 Å². The first kappa shape index (κ1) is 16.7. The number of benzene rings is 1. The quantitative estimate of drug-likeness (QED) is 0.581. The van der Waals surface area contributed by atoms with Crippen molar-refractivity contribution in [3.8, 4) is 0 Å². The number of hydrogen-bond donors (Lipinski definition) is 0. The fourth-order valence-electron chi connectivity index (χ4n) is 3.11. The average molecular weight is 303 g/mol. The Labute approximate surface area is 120 Å². The van der Waals surface area contributed by atoms with Gasteiger partial charge < -0.3 is 0 Å². The smallest absolute Gasteiger partial charge is 0.171 e. The Morgan fingerprint density at radius 1 is 0.895 bits per heavy atom. The maximum absolute atomic E-state index is 13.9. The SMILES string of the molecule is CC(C)[Si](Sc1cccc(F)c1F)(C(C)C)C(C)C. The zero-order valence-corrected chi connectivity index (χ0v) is 14.4. The van der Waals surface area contributed by atoms with E-state index in [2.05, 4.69) is 41.5 Å². The highest BCUT2D eigenvalue weighted by Crippen LogP contribution is 2.52. The number of hydrogen-bond acceptors (Lipinski definition) is 1. The van der Waals surface area contributed by atoms with Crippen LogP contribution in [-0.4, -0.2) is 7.22 Å². The maximum Gasteiger partial charge on any atom is 0.171 e. The van der Waals surface area contributed by atoms with Crippen molar-refractivity contribution in [2.24, 2.45) is 0 Å². The van der Waals surface area contributed by atoms with Crippen LogP contribution >= 0.6 is 11.2 Å². The first-order valence-corrected chi connectivity index (χ1v) is 10.6. The van der Waals surface area contributed by atoms with Gasteiger partial charge >= 0.3 is 0 Å². The Balaban J connectivity index is 3.25. The second-order valence-corrected chi connectivity index (χ2v) is 14.5. The van der Waals surface area contributed by atoms with Crippen LogP contribution in [0.15, 0.2) is 23.1 Å². The molecule has 0 fully saturated rings. The molecule has 1 aromatic rings. The van der Waals surface area contributed by atoms with Gasteiger partial charge in [0.25, 0.3) is 0 Å². The molecule has 0 saturated carbocycles. The van der Waals surface area contributed by atoms with Gasteiger partial charge in [-0.2, -0.15) is 0 Å². The van der Waals surface area contributed by atoms with Crippen LogP contribution in [0.1, 0.15) is 41.5 Å². The van der Waals surface area contributed by atoms with Crippen LogP contribution in [0.2, 0.25) is 16.6 Å². The Bertz CT molecular complexity index is 408. The minimum absolute atomic E-state index is 0.475. The van der Waals surface area contributed by atoms with Gasteiger partial charge in [-0.25, -0.2) is 8.78 Å². The summed E-state index contributed by atoms with van der Waals surface area (Å²) in [7, 11) is -1.81. The monoisotopic (exact) mass is 302 g/mol. The molecule has 1 aromatic carbocycles. The molecule has 1 rings (SSSR count). The molecule has 0 N–H and O–H groups in total. The highest BCUT2D eigenvalue weighted by Gasteiger charge is 2.44. The van der Waals surface area contributed by atoms with E-state index in [0.29, 0.717) is 21.5 Å². The number of rotatable bonds is 5. The molecule has 0 amide bonds. The van der Waals surface area contributed by atoms with E-state index in [9.17, 15) is 8.78 Å². The molecule has 0 nitrogen and oxygen atoms in total. The second kappa shape index (κ2) is 6.40. The van der Waals surface area contributed by atoms with Crippen LogP contribution in [0.4, 0.5) is 8.78 Å². The van der Waals surface area contributed by atoms with Crippen LogP contribution < -0.4 is 0 Å². The first-order chi connectivity index (χ1) is 8.73. The molecule has 0 aliphatic rings. The van der Waals surface area contributed by atoms with E-state index in [1.54, 1.807) is 23.3 Å². The third kappa shape index (κ3) is 3.22. The van der Waals surface area contributed by atoms with Crippen molar-refractivity contribution in [3.63, 3.8) is 0 Å². The van der Waals surface area contributed by atoms with Gasteiger partial charge in [0, 0.05) is 4.90 Å². The van der Waals surface area contributed by atoms with Gasteiger partial charge in [-0.15, -0.1) is 11.2 Å². The Morgan fingerprint density at radius 2 is 1.37 bits per heavy atom. The van der Waals surface area contributed by atoms with Gasteiger partial charge in [0.1, 0.15) is 7.22 Å². The third-order valence-electron chi connectivity index (χ3n) is 3.91. The Morgan fingerprint density at radius 3 is 1.79 bits per heavy atom. The summed E-state index contributed by atoms with van der Waals surface area (Å²) >= 11 is 1.63. The summed E-state index contributed by atoms with van der Waals surface area (Å²) in [6, 6.07) is 4.49. The van der Waals surface area contributed by atoms with Gasteiger partial charge in [-0.1, -0.05) is 47.6 Å². The van der Waals surface area contributed by atoms with Gasteiger partial charge in [-0.05, 0) is 28.8 Å². The van der Waals surface area contributed by atoms with Gasteiger partial charge in [-0.3, -0.25) is 0 Å². The predicted octanol–water partition coefficient (Wildman–Crippen LogP) is 6.23. The van der Waals surface area contributed by atoms with Gasteiger partial charge in [0.15, 0.2) is 11.6 Å².